The van der Waals surface area contributed by atoms with Crippen LogP contribution in [-0.2, 0) is 16.0 Å². The van der Waals surface area contributed by atoms with E-state index in [1.807, 2.05) is 0 Å². The maximum Gasteiger partial charge on any atom is 0.422 e. The van der Waals surface area contributed by atoms with Gasteiger partial charge in [0.1, 0.15) is 22.7 Å². The molecule has 0 radical (unpaired) electrons. The minimum Gasteiger partial charge on any atom is -0.484 e. The van der Waals surface area contributed by atoms with E-state index in [-0.39, 0.29) is 30.5 Å². The van der Waals surface area contributed by atoms with Gasteiger partial charge in [0.15, 0.2) is 6.61 Å². The predicted molar refractivity (Wildman–Crippen MR) is 133 cm³/mol. The number of ether oxygens (including phenoxy) is 3. The van der Waals surface area contributed by atoms with Gasteiger partial charge in [-0.25, -0.2) is 19.2 Å². The summed E-state index contributed by atoms with van der Waals surface area (Å²) in [6.45, 7) is 0.221. The average Bonchev–Trinajstić information content (AvgIpc) is 3.20. The summed E-state index contributed by atoms with van der Waals surface area (Å²) in [4.78, 5) is 22.6. The molecule has 4 rings (SSSR count). The van der Waals surface area contributed by atoms with Crippen molar-refractivity contribution in [2.24, 2.45) is 0 Å². The predicted octanol–water partition coefficient (Wildman–Crippen LogP) is 6.75. The molecule has 0 spiro atoms. The second-order valence-electron chi connectivity index (χ2n) is 7.69. The molecule has 2 aromatic carbocycles. The number of fused-ring (bicyclic) bond motifs is 1. The lowest BCUT2D eigenvalue weighted by atomic mass is 10.1. The first-order valence-electron chi connectivity index (χ1n) is 11.0. The van der Waals surface area contributed by atoms with E-state index in [1.165, 1.54) is 41.9 Å². The zero-order valence-electron chi connectivity index (χ0n) is 19.2. The quantitative estimate of drug-likeness (QED) is 0.157. The van der Waals surface area contributed by atoms with Gasteiger partial charge in [0.2, 0.25) is 12.0 Å². The Morgan fingerprint density at radius 2 is 1.84 bits per heavy atom. The molecule has 37 heavy (non-hydrogen) atoms. The zero-order chi connectivity index (χ0) is 26.6. The van der Waals surface area contributed by atoms with Gasteiger partial charge in [-0.3, -0.25) is 0 Å². The highest BCUT2D eigenvalue weighted by molar-refractivity contribution is 9.10. The number of halogens is 5. The van der Waals surface area contributed by atoms with Crippen LogP contribution in [0.1, 0.15) is 12.5 Å². The summed E-state index contributed by atoms with van der Waals surface area (Å²) in [5, 5.41) is 0.489. The Kier molecular flexibility index (Phi) is 8.28. The molecule has 0 unspecified atom stereocenters. The van der Waals surface area contributed by atoms with E-state index in [9.17, 15) is 22.4 Å². The van der Waals surface area contributed by atoms with Crippen LogP contribution in [0.5, 0.6) is 11.6 Å². The first kappa shape index (κ1) is 26.8. The normalized spacial score (nSPS) is 12.4. The lowest BCUT2D eigenvalue weighted by Crippen LogP contribution is -2.32. The van der Waals surface area contributed by atoms with Crippen LogP contribution in [0.4, 0.5) is 17.6 Å². The third-order valence-electron chi connectivity index (χ3n) is 5.07. The van der Waals surface area contributed by atoms with Gasteiger partial charge in [-0.2, -0.15) is 13.2 Å². The van der Waals surface area contributed by atoms with Gasteiger partial charge in [-0.1, -0.05) is 30.3 Å². The summed E-state index contributed by atoms with van der Waals surface area (Å²) >= 11 is 4.86. The number of hydrogen-bond acceptors (Lipinski definition) is 7. The van der Waals surface area contributed by atoms with E-state index < -0.39 is 24.9 Å². The molecule has 194 valence electrons. The Balaban J connectivity index is 1.68. The lowest BCUT2D eigenvalue weighted by Gasteiger charge is -2.19. The van der Waals surface area contributed by atoms with Gasteiger partial charge in [0.05, 0.1) is 21.3 Å². The summed E-state index contributed by atoms with van der Waals surface area (Å²) in [7, 11) is 0. The van der Waals surface area contributed by atoms with E-state index >= 15 is 0 Å². The summed E-state index contributed by atoms with van der Waals surface area (Å²) in [6.07, 6.45) is -4.62. The van der Waals surface area contributed by atoms with Gasteiger partial charge in [-0.05, 0) is 52.2 Å². The molecule has 12 heteroatoms. The maximum absolute atomic E-state index is 13.4. The highest BCUT2D eigenvalue weighted by Crippen LogP contribution is 2.44. The molecule has 0 N–H and O–H groups in total. The number of benzene rings is 2. The maximum atomic E-state index is 13.4. The van der Waals surface area contributed by atoms with Crippen LogP contribution in [0.25, 0.3) is 20.7 Å². The molecule has 0 aliphatic rings. The van der Waals surface area contributed by atoms with Crippen molar-refractivity contribution in [3.05, 3.63) is 70.7 Å². The van der Waals surface area contributed by atoms with Gasteiger partial charge >= 0.3 is 12.1 Å². The largest absolute Gasteiger partial charge is 0.484 e. The molecule has 0 amide bonds. The number of rotatable bonds is 9. The van der Waals surface area contributed by atoms with Crippen LogP contribution in [-0.4, -0.2) is 41.4 Å². The minimum absolute atomic E-state index is 0.0270. The Morgan fingerprint density at radius 3 is 2.54 bits per heavy atom. The third kappa shape index (κ3) is 6.55. The van der Waals surface area contributed by atoms with Crippen molar-refractivity contribution in [3.8, 4) is 22.1 Å². The molecular formula is C25H19BrF4N2O4S. The topological polar surface area (TPSA) is 70.5 Å². The molecule has 0 aliphatic heterocycles. The number of nitrogens with zero attached hydrogens (tertiary/aromatic N) is 2. The summed E-state index contributed by atoms with van der Waals surface area (Å²) in [5.41, 5.74) is 1.06. The van der Waals surface area contributed by atoms with Crippen LogP contribution < -0.4 is 9.47 Å². The first-order valence-corrected chi connectivity index (χ1v) is 12.6. The first-order chi connectivity index (χ1) is 17.7. The molecular weight excluding hydrogens is 580 g/mol. The van der Waals surface area contributed by atoms with Crippen LogP contribution in [0.15, 0.2) is 59.3 Å². The van der Waals surface area contributed by atoms with Crippen molar-refractivity contribution in [3.63, 3.8) is 0 Å². The standard InChI is InChI=1S/C25H19BrF4N2O4S/c1-2-34-24(33)18(11-15-5-3-4-6-17(15)35-12-25(28,29)30)36-22-19-20(26)21(37-23(19)32-13-31-22)14-7-9-16(27)10-8-14/h3-10,13,18H,2,11-12H2,1H3/t18-/m1/s1. The van der Waals surface area contributed by atoms with E-state index in [1.54, 1.807) is 31.2 Å². The van der Waals surface area contributed by atoms with Crippen LogP contribution >= 0.6 is 27.3 Å². The number of carbonyl (C=O) groups is 1. The smallest absolute Gasteiger partial charge is 0.422 e. The zero-order valence-corrected chi connectivity index (χ0v) is 21.6. The van der Waals surface area contributed by atoms with Crippen LogP contribution in [0.2, 0.25) is 0 Å². The summed E-state index contributed by atoms with van der Waals surface area (Å²) < 4.78 is 68.3. The van der Waals surface area contributed by atoms with Crippen LogP contribution in [0.3, 0.4) is 0 Å². The third-order valence-corrected chi connectivity index (χ3v) is 7.28. The second kappa shape index (κ2) is 11.4. The van der Waals surface area contributed by atoms with Crippen molar-refractivity contribution in [2.75, 3.05) is 13.2 Å². The molecule has 2 heterocycles. The summed E-state index contributed by atoms with van der Waals surface area (Å²) in [6, 6.07) is 12.0. The summed E-state index contributed by atoms with van der Waals surface area (Å²) in [5.74, 6) is -1.04. The number of hydrogen-bond donors (Lipinski definition) is 0. The van der Waals surface area contributed by atoms with E-state index in [0.29, 0.717) is 20.3 Å². The Bertz CT molecular complexity index is 1400. The molecule has 0 aliphatic carbocycles. The number of para-hydroxylation sites is 1. The van der Waals surface area contributed by atoms with Gasteiger partial charge in [-0.15, -0.1) is 11.3 Å². The molecule has 0 fully saturated rings. The van der Waals surface area contributed by atoms with Crippen LogP contribution in [0, 0.1) is 5.82 Å². The fourth-order valence-electron chi connectivity index (χ4n) is 3.47. The molecule has 4 aromatic rings. The Hall–Kier alpha value is -3.25. The molecule has 2 aromatic heterocycles. The van der Waals surface area contributed by atoms with Crippen molar-refractivity contribution in [1.29, 1.82) is 0 Å². The van der Waals surface area contributed by atoms with Crippen molar-refractivity contribution in [1.82, 2.24) is 9.97 Å². The highest BCUT2D eigenvalue weighted by atomic mass is 79.9. The second-order valence-corrected chi connectivity index (χ2v) is 9.48. The van der Waals surface area contributed by atoms with Crippen molar-refractivity contribution < 1.29 is 36.6 Å². The van der Waals surface area contributed by atoms with Gasteiger partial charge in [0.25, 0.3) is 0 Å². The number of alkyl halides is 3. The molecule has 0 saturated heterocycles. The van der Waals surface area contributed by atoms with Crippen molar-refractivity contribution >= 4 is 43.5 Å². The molecule has 6 nitrogen and oxygen atoms in total. The SMILES string of the molecule is CCOC(=O)[C@@H](Cc1ccccc1OCC(F)(F)F)Oc1ncnc2sc(-c3ccc(F)cc3)c(Br)c12. The van der Waals surface area contributed by atoms with E-state index in [4.69, 9.17) is 14.2 Å². The highest BCUT2D eigenvalue weighted by Gasteiger charge is 2.30. The molecule has 1 atom stereocenters. The monoisotopic (exact) mass is 598 g/mol. The van der Waals surface area contributed by atoms with E-state index in [2.05, 4.69) is 25.9 Å². The lowest BCUT2D eigenvalue weighted by molar-refractivity contribution is -0.154. The fraction of sp³-hybridized carbons (Fsp3) is 0.240. The van der Waals surface area contributed by atoms with Gasteiger partial charge in [0, 0.05) is 6.42 Å². The fourth-order valence-corrected chi connectivity index (χ4v) is 5.46. The number of thiophene rings is 1. The van der Waals surface area contributed by atoms with Gasteiger partial charge < -0.3 is 14.2 Å². The molecule has 0 saturated carbocycles. The van der Waals surface area contributed by atoms with Crippen molar-refractivity contribution in [2.45, 2.75) is 25.6 Å². The number of aromatic nitrogens is 2. The minimum atomic E-state index is -4.52. The van der Waals surface area contributed by atoms with E-state index in [0.717, 1.165) is 10.4 Å². The Labute approximate surface area is 221 Å². The number of esters is 1. The average molecular weight is 599 g/mol. The number of carbonyl (C=O) groups excluding carboxylic acids is 1. The molecule has 0 bridgehead atoms. The Morgan fingerprint density at radius 1 is 1.11 bits per heavy atom.